The summed E-state index contributed by atoms with van der Waals surface area (Å²) in [7, 11) is 1.56. The molecule has 1 heterocycles. The SMILES string of the molecule is CNC(=O)c1cccc(NC(=O)c2nn(-c3ccc(C)cc3C)nc2C)c1. The van der Waals surface area contributed by atoms with Crippen LogP contribution >= 0.6 is 0 Å². The second kappa shape index (κ2) is 7.41. The second-order valence-corrected chi connectivity index (χ2v) is 6.33. The minimum absolute atomic E-state index is 0.219. The van der Waals surface area contributed by atoms with Gasteiger partial charge in [0.15, 0.2) is 5.69 Å². The van der Waals surface area contributed by atoms with Crippen molar-refractivity contribution in [1.82, 2.24) is 20.3 Å². The topological polar surface area (TPSA) is 88.9 Å². The van der Waals surface area contributed by atoms with E-state index in [0.29, 0.717) is 16.9 Å². The van der Waals surface area contributed by atoms with Gasteiger partial charge in [-0.05, 0) is 50.6 Å². The van der Waals surface area contributed by atoms with Crippen molar-refractivity contribution in [1.29, 1.82) is 0 Å². The van der Waals surface area contributed by atoms with Crippen molar-refractivity contribution in [2.45, 2.75) is 20.8 Å². The van der Waals surface area contributed by atoms with Crippen molar-refractivity contribution in [2.75, 3.05) is 12.4 Å². The number of nitrogens with zero attached hydrogens (tertiary/aromatic N) is 3. The second-order valence-electron chi connectivity index (χ2n) is 6.33. The van der Waals surface area contributed by atoms with Crippen LogP contribution in [0.2, 0.25) is 0 Å². The van der Waals surface area contributed by atoms with Gasteiger partial charge in [-0.15, -0.1) is 5.10 Å². The Morgan fingerprint density at radius 1 is 0.963 bits per heavy atom. The van der Waals surface area contributed by atoms with Crippen molar-refractivity contribution in [3.63, 3.8) is 0 Å². The van der Waals surface area contributed by atoms with Crippen molar-refractivity contribution in [2.24, 2.45) is 0 Å². The van der Waals surface area contributed by atoms with Crippen LogP contribution in [0.15, 0.2) is 42.5 Å². The Labute approximate surface area is 157 Å². The summed E-state index contributed by atoms with van der Waals surface area (Å²) >= 11 is 0. The van der Waals surface area contributed by atoms with E-state index in [2.05, 4.69) is 20.8 Å². The average Bonchev–Trinajstić information content (AvgIpc) is 3.02. The summed E-state index contributed by atoms with van der Waals surface area (Å²) in [6.45, 7) is 5.73. The molecule has 0 saturated heterocycles. The third-order valence-electron chi connectivity index (χ3n) is 4.17. The Bertz CT molecular complexity index is 1020. The molecule has 0 bridgehead atoms. The van der Waals surface area contributed by atoms with Gasteiger partial charge >= 0.3 is 0 Å². The molecule has 0 spiro atoms. The van der Waals surface area contributed by atoms with Gasteiger partial charge in [0, 0.05) is 18.3 Å². The highest BCUT2D eigenvalue weighted by Gasteiger charge is 2.18. The highest BCUT2D eigenvalue weighted by Crippen LogP contribution is 2.17. The molecule has 2 amide bonds. The maximum absolute atomic E-state index is 12.6. The molecule has 0 aliphatic rings. The summed E-state index contributed by atoms with van der Waals surface area (Å²) in [5, 5.41) is 14.1. The Balaban J connectivity index is 1.86. The van der Waals surface area contributed by atoms with Gasteiger partial charge in [-0.1, -0.05) is 23.8 Å². The van der Waals surface area contributed by atoms with Crippen LogP contribution in [0.5, 0.6) is 0 Å². The van der Waals surface area contributed by atoms with Gasteiger partial charge in [0.2, 0.25) is 0 Å². The molecule has 2 N–H and O–H groups in total. The minimum Gasteiger partial charge on any atom is -0.355 e. The van der Waals surface area contributed by atoms with E-state index in [9.17, 15) is 9.59 Å². The number of anilines is 1. The van der Waals surface area contributed by atoms with Crippen LogP contribution in [0, 0.1) is 20.8 Å². The van der Waals surface area contributed by atoms with Crippen molar-refractivity contribution in [3.05, 3.63) is 70.5 Å². The van der Waals surface area contributed by atoms with Gasteiger partial charge in [0.1, 0.15) is 0 Å². The molecule has 0 unspecified atom stereocenters. The van der Waals surface area contributed by atoms with E-state index < -0.39 is 0 Å². The van der Waals surface area contributed by atoms with Crippen LogP contribution in [-0.4, -0.2) is 33.9 Å². The summed E-state index contributed by atoms with van der Waals surface area (Å²) in [5.74, 6) is -0.597. The quantitative estimate of drug-likeness (QED) is 0.746. The van der Waals surface area contributed by atoms with Gasteiger partial charge < -0.3 is 10.6 Å². The van der Waals surface area contributed by atoms with Gasteiger partial charge in [0.25, 0.3) is 11.8 Å². The summed E-state index contributed by atoms with van der Waals surface area (Å²) in [4.78, 5) is 25.9. The molecule has 7 heteroatoms. The third kappa shape index (κ3) is 3.87. The fourth-order valence-corrected chi connectivity index (χ4v) is 2.80. The van der Waals surface area contributed by atoms with Crippen LogP contribution in [0.3, 0.4) is 0 Å². The molecule has 0 radical (unpaired) electrons. The monoisotopic (exact) mass is 363 g/mol. The van der Waals surface area contributed by atoms with Gasteiger partial charge in [-0.25, -0.2) is 0 Å². The molecular weight excluding hydrogens is 342 g/mol. The van der Waals surface area contributed by atoms with Crippen LogP contribution in [-0.2, 0) is 0 Å². The molecule has 138 valence electrons. The predicted molar refractivity (Wildman–Crippen MR) is 103 cm³/mol. The number of hydrogen-bond acceptors (Lipinski definition) is 4. The van der Waals surface area contributed by atoms with E-state index in [1.165, 1.54) is 4.80 Å². The fraction of sp³-hybridized carbons (Fsp3) is 0.200. The lowest BCUT2D eigenvalue weighted by atomic mass is 10.1. The molecule has 7 nitrogen and oxygen atoms in total. The zero-order valence-corrected chi connectivity index (χ0v) is 15.7. The Hall–Kier alpha value is -3.48. The number of benzene rings is 2. The van der Waals surface area contributed by atoms with Crippen molar-refractivity contribution >= 4 is 17.5 Å². The largest absolute Gasteiger partial charge is 0.355 e. The zero-order chi connectivity index (χ0) is 19.6. The Kier molecular flexibility index (Phi) is 5.03. The fourth-order valence-electron chi connectivity index (χ4n) is 2.80. The molecule has 1 aromatic heterocycles. The first-order chi connectivity index (χ1) is 12.9. The van der Waals surface area contributed by atoms with Crippen LogP contribution in [0.4, 0.5) is 5.69 Å². The first kappa shape index (κ1) is 18.3. The number of amides is 2. The standard InChI is InChI=1S/C20H21N5O2/c1-12-8-9-17(13(2)10-12)25-23-14(3)18(24-25)20(27)22-16-7-5-6-15(11-16)19(26)21-4/h5-11H,1-4H3,(H,21,26)(H,22,27). The lowest BCUT2D eigenvalue weighted by molar-refractivity contribution is 0.0961. The number of carbonyl (C=O) groups is 2. The van der Waals surface area contributed by atoms with Crippen LogP contribution < -0.4 is 10.6 Å². The van der Waals surface area contributed by atoms with Crippen molar-refractivity contribution in [3.8, 4) is 5.69 Å². The van der Waals surface area contributed by atoms with E-state index >= 15 is 0 Å². The molecule has 0 saturated carbocycles. The summed E-state index contributed by atoms with van der Waals surface area (Å²) in [6.07, 6.45) is 0. The molecular formula is C20H21N5O2. The molecule has 0 atom stereocenters. The Morgan fingerprint density at radius 3 is 2.44 bits per heavy atom. The predicted octanol–water partition coefficient (Wildman–Crippen LogP) is 2.80. The minimum atomic E-state index is -0.377. The van der Waals surface area contributed by atoms with Crippen molar-refractivity contribution < 1.29 is 9.59 Å². The van der Waals surface area contributed by atoms with E-state index in [4.69, 9.17) is 0 Å². The smallest absolute Gasteiger partial charge is 0.278 e. The van der Waals surface area contributed by atoms with E-state index in [1.807, 2.05) is 32.0 Å². The van der Waals surface area contributed by atoms with Crippen LogP contribution in [0.25, 0.3) is 5.69 Å². The number of aryl methyl sites for hydroxylation is 3. The molecule has 0 fully saturated rings. The number of hydrogen-bond donors (Lipinski definition) is 2. The molecule has 3 rings (SSSR count). The first-order valence-electron chi connectivity index (χ1n) is 8.54. The van der Waals surface area contributed by atoms with E-state index in [0.717, 1.165) is 16.8 Å². The number of aromatic nitrogens is 3. The number of carbonyl (C=O) groups excluding carboxylic acids is 2. The Morgan fingerprint density at radius 2 is 1.74 bits per heavy atom. The number of nitrogens with one attached hydrogen (secondary N) is 2. The number of rotatable bonds is 4. The van der Waals surface area contributed by atoms with E-state index in [-0.39, 0.29) is 17.5 Å². The highest BCUT2D eigenvalue weighted by atomic mass is 16.2. The highest BCUT2D eigenvalue weighted by molar-refractivity contribution is 6.04. The summed E-state index contributed by atoms with van der Waals surface area (Å²) in [5.41, 5.74) is 4.73. The lowest BCUT2D eigenvalue weighted by Gasteiger charge is -2.06. The molecule has 2 aromatic carbocycles. The molecule has 3 aromatic rings. The van der Waals surface area contributed by atoms with E-state index in [1.54, 1.807) is 38.2 Å². The van der Waals surface area contributed by atoms with Gasteiger partial charge in [0.05, 0.1) is 11.4 Å². The average molecular weight is 363 g/mol. The normalized spacial score (nSPS) is 10.5. The van der Waals surface area contributed by atoms with Gasteiger partial charge in [-0.2, -0.15) is 9.90 Å². The lowest BCUT2D eigenvalue weighted by Crippen LogP contribution is -2.19. The first-order valence-corrected chi connectivity index (χ1v) is 8.54. The van der Waals surface area contributed by atoms with Crippen LogP contribution in [0.1, 0.15) is 37.7 Å². The molecule has 0 aliphatic heterocycles. The molecule has 27 heavy (non-hydrogen) atoms. The summed E-state index contributed by atoms with van der Waals surface area (Å²) in [6, 6.07) is 12.7. The summed E-state index contributed by atoms with van der Waals surface area (Å²) < 4.78 is 0. The maximum Gasteiger partial charge on any atom is 0.278 e. The molecule has 0 aliphatic carbocycles. The van der Waals surface area contributed by atoms with Gasteiger partial charge in [-0.3, -0.25) is 9.59 Å². The maximum atomic E-state index is 12.6. The zero-order valence-electron chi connectivity index (χ0n) is 15.7. The third-order valence-corrected chi connectivity index (χ3v) is 4.17.